The number of hydrogen-bond donors (Lipinski definition) is 1. The van der Waals surface area contributed by atoms with Crippen LogP contribution in [0.1, 0.15) is 11.1 Å². The Kier molecular flexibility index (Phi) is 1.95. The molecular weight excluding hydrogens is 220 g/mol. The predicted octanol–water partition coefficient (Wildman–Crippen LogP) is 3.45. The summed E-state index contributed by atoms with van der Waals surface area (Å²) in [6, 6.07) is 8.76. The van der Waals surface area contributed by atoms with Gasteiger partial charge in [0.1, 0.15) is 0 Å². The zero-order chi connectivity index (χ0) is 9.83. The highest BCUT2D eigenvalue weighted by Gasteiger charge is 2.19. The molecule has 0 saturated heterocycles. The van der Waals surface area contributed by atoms with E-state index in [-0.39, 0.29) is 12.4 Å². The van der Waals surface area contributed by atoms with Gasteiger partial charge in [0.15, 0.2) is 0 Å². The van der Waals surface area contributed by atoms with E-state index in [0.717, 1.165) is 5.69 Å². The molecule has 1 N–H and O–H groups in total. The number of nitrogens with one attached hydrogen (secondary N) is 1. The minimum absolute atomic E-state index is 0. The van der Waals surface area contributed by atoms with Crippen molar-refractivity contribution >= 4 is 40.9 Å². The first-order chi connectivity index (χ1) is 7.43. The summed E-state index contributed by atoms with van der Waals surface area (Å²) in [6.07, 6.45) is 4.13. The Balaban J connectivity index is 0.000000810. The average Bonchev–Trinajstić information content (AvgIpc) is 2.71. The van der Waals surface area contributed by atoms with Gasteiger partial charge in [-0.1, -0.05) is 12.1 Å². The third kappa shape index (κ3) is 1.05. The largest absolute Gasteiger partial charge is 0.346 e. The van der Waals surface area contributed by atoms with Crippen molar-refractivity contribution in [3.8, 4) is 0 Å². The second kappa shape index (κ2) is 3.22. The Labute approximate surface area is 99.8 Å². The van der Waals surface area contributed by atoms with Crippen molar-refractivity contribution < 1.29 is 0 Å². The Morgan fingerprint density at radius 2 is 1.69 bits per heavy atom. The highest BCUT2D eigenvalue weighted by atomic mass is 35.5. The maximum absolute atomic E-state index is 4.39. The fraction of sp³-hybridized carbons (Fsp3) is 0.154. The second-order valence-electron chi connectivity index (χ2n) is 4.17. The molecule has 0 spiro atoms. The third-order valence-corrected chi connectivity index (χ3v) is 3.40. The summed E-state index contributed by atoms with van der Waals surface area (Å²) in [5, 5.41) is 5.97. The van der Waals surface area contributed by atoms with E-state index in [1.54, 1.807) is 6.34 Å². The van der Waals surface area contributed by atoms with Gasteiger partial charge in [-0.3, -0.25) is 0 Å². The Bertz CT molecular complexity index is 607. The fourth-order valence-corrected chi connectivity index (χ4v) is 2.71. The molecule has 0 atom stereocenters. The number of anilines is 1. The molecule has 4 rings (SSSR count). The van der Waals surface area contributed by atoms with Crippen LogP contribution >= 0.6 is 12.4 Å². The number of benzene rings is 2. The average molecular weight is 231 g/mol. The van der Waals surface area contributed by atoms with Crippen LogP contribution in [0.15, 0.2) is 29.3 Å². The van der Waals surface area contributed by atoms with E-state index in [1.165, 1.54) is 40.4 Å². The first-order valence-corrected chi connectivity index (χ1v) is 5.30. The van der Waals surface area contributed by atoms with Gasteiger partial charge in [-0.25, -0.2) is 4.99 Å². The number of aryl methyl sites for hydroxylation is 2. The molecule has 2 aliphatic rings. The topological polar surface area (TPSA) is 24.4 Å². The molecule has 1 aliphatic carbocycles. The van der Waals surface area contributed by atoms with Crippen LogP contribution in [0, 0.1) is 0 Å². The van der Waals surface area contributed by atoms with Crippen LogP contribution in [0.5, 0.6) is 0 Å². The van der Waals surface area contributed by atoms with Crippen LogP contribution in [0.3, 0.4) is 0 Å². The maximum Gasteiger partial charge on any atom is 0.0930 e. The van der Waals surface area contributed by atoms with Crippen molar-refractivity contribution in [3.63, 3.8) is 0 Å². The van der Waals surface area contributed by atoms with E-state index in [9.17, 15) is 0 Å². The third-order valence-electron chi connectivity index (χ3n) is 3.40. The van der Waals surface area contributed by atoms with Gasteiger partial charge in [-0.2, -0.15) is 0 Å². The molecule has 0 aromatic heterocycles. The molecule has 80 valence electrons. The highest BCUT2D eigenvalue weighted by molar-refractivity contribution is 6.11. The van der Waals surface area contributed by atoms with E-state index in [4.69, 9.17) is 0 Å². The SMILES string of the molecule is C1=Nc2ccc3c4c(ccc(c24)N1)CC3.Cl. The molecule has 0 amide bonds. The van der Waals surface area contributed by atoms with Crippen molar-refractivity contribution in [3.05, 3.63) is 35.4 Å². The normalized spacial score (nSPS) is 14.8. The van der Waals surface area contributed by atoms with Crippen molar-refractivity contribution in [2.75, 3.05) is 5.32 Å². The van der Waals surface area contributed by atoms with E-state index in [0.29, 0.717) is 0 Å². The van der Waals surface area contributed by atoms with Crippen LogP contribution in [0.2, 0.25) is 0 Å². The molecule has 16 heavy (non-hydrogen) atoms. The smallest absolute Gasteiger partial charge is 0.0930 e. The fourth-order valence-electron chi connectivity index (χ4n) is 2.71. The second-order valence-corrected chi connectivity index (χ2v) is 4.17. The number of halogens is 1. The van der Waals surface area contributed by atoms with Gasteiger partial charge in [0.25, 0.3) is 0 Å². The zero-order valence-electron chi connectivity index (χ0n) is 8.66. The standard InChI is InChI=1S/C13H10N2.ClH/c1-2-9-4-6-11-13-10(14-7-15-11)5-3-8(1)12(9)13;/h3-7H,1-2H2,(H,14,15);1H. The molecule has 0 unspecified atom stereocenters. The summed E-state index contributed by atoms with van der Waals surface area (Å²) in [5.41, 5.74) is 5.25. The Morgan fingerprint density at radius 1 is 0.938 bits per heavy atom. The predicted molar refractivity (Wildman–Crippen MR) is 70.4 cm³/mol. The Morgan fingerprint density at radius 3 is 2.50 bits per heavy atom. The van der Waals surface area contributed by atoms with Gasteiger partial charge in [0.05, 0.1) is 12.0 Å². The first kappa shape index (κ1) is 9.67. The quantitative estimate of drug-likeness (QED) is 0.737. The van der Waals surface area contributed by atoms with Gasteiger partial charge < -0.3 is 5.32 Å². The van der Waals surface area contributed by atoms with E-state index < -0.39 is 0 Å². The van der Waals surface area contributed by atoms with Crippen LogP contribution in [0.25, 0.3) is 10.8 Å². The van der Waals surface area contributed by atoms with E-state index in [2.05, 4.69) is 34.6 Å². The van der Waals surface area contributed by atoms with Crippen LogP contribution in [0.4, 0.5) is 11.4 Å². The van der Waals surface area contributed by atoms with Gasteiger partial charge in [-0.05, 0) is 41.5 Å². The lowest BCUT2D eigenvalue weighted by atomic mass is 10.0. The van der Waals surface area contributed by atoms with Crippen molar-refractivity contribution in [2.24, 2.45) is 4.99 Å². The van der Waals surface area contributed by atoms with E-state index in [1.807, 2.05) is 0 Å². The summed E-state index contributed by atoms with van der Waals surface area (Å²) in [6.45, 7) is 0. The lowest BCUT2D eigenvalue weighted by Crippen LogP contribution is -2.00. The maximum atomic E-state index is 4.39. The highest BCUT2D eigenvalue weighted by Crippen LogP contribution is 2.41. The molecule has 0 saturated carbocycles. The molecule has 2 aromatic rings. The number of rotatable bonds is 0. The first-order valence-electron chi connectivity index (χ1n) is 5.30. The molecule has 0 fully saturated rings. The van der Waals surface area contributed by atoms with Crippen molar-refractivity contribution in [2.45, 2.75) is 12.8 Å². The van der Waals surface area contributed by atoms with Gasteiger partial charge in [0, 0.05) is 11.1 Å². The number of nitrogens with zero attached hydrogens (tertiary/aromatic N) is 1. The molecular formula is C13H11ClN2. The van der Waals surface area contributed by atoms with Crippen molar-refractivity contribution in [1.82, 2.24) is 0 Å². The summed E-state index contributed by atoms with van der Waals surface area (Å²) in [5.74, 6) is 0. The number of aliphatic imine (C=N–C) groups is 1. The lowest BCUT2D eigenvalue weighted by molar-refractivity contribution is 1.02. The minimum Gasteiger partial charge on any atom is -0.346 e. The zero-order valence-corrected chi connectivity index (χ0v) is 9.47. The summed E-state index contributed by atoms with van der Waals surface area (Å²) in [7, 11) is 0. The molecule has 3 heteroatoms. The molecule has 1 heterocycles. The Hall–Kier alpha value is -1.54. The molecule has 2 nitrogen and oxygen atoms in total. The minimum atomic E-state index is 0. The van der Waals surface area contributed by atoms with Gasteiger partial charge in [-0.15, -0.1) is 12.4 Å². The van der Waals surface area contributed by atoms with Crippen LogP contribution in [-0.4, -0.2) is 6.34 Å². The van der Waals surface area contributed by atoms with Crippen molar-refractivity contribution in [1.29, 1.82) is 0 Å². The monoisotopic (exact) mass is 230 g/mol. The molecule has 2 aromatic carbocycles. The van der Waals surface area contributed by atoms with Gasteiger partial charge >= 0.3 is 0 Å². The van der Waals surface area contributed by atoms with Crippen LogP contribution < -0.4 is 5.32 Å². The summed E-state index contributed by atoms with van der Waals surface area (Å²) < 4.78 is 0. The van der Waals surface area contributed by atoms with E-state index >= 15 is 0 Å². The lowest BCUT2D eigenvalue weighted by Gasteiger charge is -2.14. The summed E-state index contributed by atoms with van der Waals surface area (Å²) in [4.78, 5) is 4.39. The molecule has 1 aliphatic heterocycles. The summed E-state index contributed by atoms with van der Waals surface area (Å²) >= 11 is 0. The van der Waals surface area contributed by atoms with Crippen LogP contribution in [-0.2, 0) is 12.8 Å². The molecule has 0 bridgehead atoms. The molecule has 0 radical (unpaired) electrons. The van der Waals surface area contributed by atoms with Gasteiger partial charge in [0.2, 0.25) is 0 Å². The number of hydrogen-bond acceptors (Lipinski definition) is 2.